The van der Waals surface area contributed by atoms with Crippen molar-refractivity contribution in [3.8, 4) is 0 Å². The molecule has 6 heteroatoms. The lowest BCUT2D eigenvalue weighted by molar-refractivity contribution is 0.0209. The lowest BCUT2D eigenvalue weighted by atomic mass is 10.1. The molecule has 0 saturated carbocycles. The maximum atomic E-state index is 13.0. The number of hydrogen-bond donors (Lipinski definition) is 1. The van der Waals surface area contributed by atoms with Gasteiger partial charge in [-0.15, -0.1) is 0 Å². The van der Waals surface area contributed by atoms with Gasteiger partial charge >= 0.3 is 0 Å². The van der Waals surface area contributed by atoms with Gasteiger partial charge in [0, 0.05) is 25.1 Å². The summed E-state index contributed by atoms with van der Waals surface area (Å²) < 4.78 is 33.4. The molecule has 3 rings (SSSR count). The van der Waals surface area contributed by atoms with Crippen LogP contribution in [-0.4, -0.2) is 45.1 Å². The van der Waals surface area contributed by atoms with Gasteiger partial charge in [0.1, 0.15) is 0 Å². The zero-order valence-electron chi connectivity index (χ0n) is 13.7. The van der Waals surface area contributed by atoms with Crippen molar-refractivity contribution in [1.29, 1.82) is 0 Å². The Morgan fingerprint density at radius 3 is 2.54 bits per heavy atom. The highest BCUT2D eigenvalue weighted by Crippen LogP contribution is 2.28. The molecule has 2 aromatic rings. The van der Waals surface area contributed by atoms with Crippen LogP contribution in [0.15, 0.2) is 47.4 Å². The molecule has 2 N–H and O–H groups in total. The Labute approximate surface area is 143 Å². The summed E-state index contributed by atoms with van der Waals surface area (Å²) in [6.45, 7) is 2.27. The number of piperidine rings is 1. The number of hydrogen-bond acceptors (Lipinski definition) is 4. The van der Waals surface area contributed by atoms with Crippen LogP contribution in [0.1, 0.15) is 19.3 Å². The second kappa shape index (κ2) is 7.61. The first-order valence-electron chi connectivity index (χ1n) is 8.42. The molecule has 1 heterocycles. The highest BCUT2D eigenvalue weighted by atomic mass is 32.2. The highest BCUT2D eigenvalue weighted by Gasteiger charge is 2.30. The predicted octanol–water partition coefficient (Wildman–Crippen LogP) is 2.36. The lowest BCUT2D eigenvalue weighted by Crippen LogP contribution is -2.41. The predicted molar refractivity (Wildman–Crippen MR) is 95.4 cm³/mol. The van der Waals surface area contributed by atoms with E-state index >= 15 is 0 Å². The molecule has 1 aliphatic heterocycles. The van der Waals surface area contributed by atoms with Crippen LogP contribution in [0.25, 0.3) is 10.8 Å². The topological polar surface area (TPSA) is 72.6 Å². The second-order valence-corrected chi connectivity index (χ2v) is 8.00. The van der Waals surface area contributed by atoms with Crippen molar-refractivity contribution in [2.75, 3.05) is 26.2 Å². The number of sulfonamides is 1. The smallest absolute Gasteiger partial charge is 0.243 e. The summed E-state index contributed by atoms with van der Waals surface area (Å²) in [5.74, 6) is 0. The van der Waals surface area contributed by atoms with Crippen LogP contribution < -0.4 is 5.73 Å². The summed E-state index contributed by atoms with van der Waals surface area (Å²) in [6.07, 6.45) is 2.44. The fourth-order valence-corrected chi connectivity index (χ4v) is 4.82. The van der Waals surface area contributed by atoms with E-state index in [-0.39, 0.29) is 6.10 Å². The van der Waals surface area contributed by atoms with Crippen molar-refractivity contribution in [1.82, 2.24) is 4.31 Å². The van der Waals surface area contributed by atoms with Gasteiger partial charge in [0.15, 0.2) is 0 Å². The summed E-state index contributed by atoms with van der Waals surface area (Å²) in [4.78, 5) is 0.392. The van der Waals surface area contributed by atoms with E-state index in [9.17, 15) is 8.42 Å². The van der Waals surface area contributed by atoms with Gasteiger partial charge in [0.2, 0.25) is 10.0 Å². The molecule has 130 valence electrons. The Hall–Kier alpha value is -1.47. The normalized spacial score (nSPS) is 17.4. The van der Waals surface area contributed by atoms with E-state index in [0.29, 0.717) is 31.1 Å². The molecule has 0 aliphatic carbocycles. The van der Waals surface area contributed by atoms with Gasteiger partial charge in [-0.25, -0.2) is 8.42 Å². The average molecular weight is 348 g/mol. The SMILES string of the molecule is NCCCOC1CCN(S(=O)(=O)c2cccc3ccccc23)CC1. The summed E-state index contributed by atoms with van der Waals surface area (Å²) in [5.41, 5.74) is 5.47. The number of ether oxygens (including phenoxy) is 1. The molecule has 0 radical (unpaired) electrons. The standard InChI is InChI=1S/C18H24N2O3S/c19-11-4-14-23-16-9-12-20(13-10-16)24(21,22)18-8-3-6-15-5-1-2-7-17(15)18/h1-3,5-8,16H,4,9-14,19H2. The molecule has 1 aliphatic rings. The minimum absolute atomic E-state index is 0.135. The molecule has 1 fully saturated rings. The van der Waals surface area contributed by atoms with Crippen LogP contribution in [0.5, 0.6) is 0 Å². The Morgan fingerprint density at radius 2 is 1.79 bits per heavy atom. The third-order valence-corrected chi connectivity index (χ3v) is 6.43. The van der Waals surface area contributed by atoms with Crippen LogP contribution in [0.4, 0.5) is 0 Å². The third kappa shape index (κ3) is 3.62. The summed E-state index contributed by atoms with van der Waals surface area (Å²) >= 11 is 0. The minimum atomic E-state index is -3.48. The maximum Gasteiger partial charge on any atom is 0.243 e. The Kier molecular flexibility index (Phi) is 5.50. The van der Waals surface area contributed by atoms with Crippen LogP contribution in [0.2, 0.25) is 0 Å². The van der Waals surface area contributed by atoms with E-state index in [1.54, 1.807) is 16.4 Å². The van der Waals surface area contributed by atoms with E-state index in [2.05, 4.69) is 0 Å². The van der Waals surface area contributed by atoms with Gasteiger partial charge in [0.05, 0.1) is 11.0 Å². The van der Waals surface area contributed by atoms with Crippen LogP contribution in [-0.2, 0) is 14.8 Å². The molecule has 0 unspecified atom stereocenters. The first kappa shape index (κ1) is 17.4. The highest BCUT2D eigenvalue weighted by molar-refractivity contribution is 7.89. The number of nitrogens with zero attached hydrogens (tertiary/aromatic N) is 1. The summed E-state index contributed by atoms with van der Waals surface area (Å²) in [5, 5.41) is 1.72. The van der Waals surface area contributed by atoms with Crippen LogP contribution in [0, 0.1) is 0 Å². The molecule has 2 aromatic carbocycles. The zero-order valence-corrected chi connectivity index (χ0v) is 14.5. The molecular formula is C18H24N2O3S. The van der Waals surface area contributed by atoms with E-state index in [1.807, 2.05) is 30.3 Å². The van der Waals surface area contributed by atoms with Gasteiger partial charge in [0.25, 0.3) is 0 Å². The summed E-state index contributed by atoms with van der Waals surface area (Å²) in [6, 6.07) is 13.0. The fraction of sp³-hybridized carbons (Fsp3) is 0.444. The van der Waals surface area contributed by atoms with E-state index in [4.69, 9.17) is 10.5 Å². The number of rotatable bonds is 6. The van der Waals surface area contributed by atoms with E-state index < -0.39 is 10.0 Å². The average Bonchev–Trinajstić information content (AvgIpc) is 2.62. The maximum absolute atomic E-state index is 13.0. The number of nitrogens with two attached hydrogens (primary N) is 1. The van der Waals surface area contributed by atoms with Gasteiger partial charge in [-0.3, -0.25) is 0 Å². The van der Waals surface area contributed by atoms with Crippen molar-refractivity contribution >= 4 is 20.8 Å². The molecule has 1 saturated heterocycles. The van der Waals surface area contributed by atoms with Gasteiger partial charge in [-0.2, -0.15) is 4.31 Å². The molecule has 0 atom stereocenters. The molecule has 5 nitrogen and oxygen atoms in total. The van der Waals surface area contributed by atoms with Gasteiger partial charge < -0.3 is 10.5 Å². The molecule has 0 aromatic heterocycles. The Bertz CT molecular complexity index is 778. The first-order valence-corrected chi connectivity index (χ1v) is 9.86. The van der Waals surface area contributed by atoms with E-state index in [0.717, 1.165) is 30.0 Å². The van der Waals surface area contributed by atoms with Crippen LogP contribution >= 0.6 is 0 Å². The van der Waals surface area contributed by atoms with Crippen molar-refractivity contribution in [2.45, 2.75) is 30.3 Å². The Balaban J connectivity index is 1.75. The van der Waals surface area contributed by atoms with Gasteiger partial charge in [-0.1, -0.05) is 36.4 Å². The van der Waals surface area contributed by atoms with Crippen molar-refractivity contribution in [3.05, 3.63) is 42.5 Å². The second-order valence-electron chi connectivity index (χ2n) is 6.09. The quantitative estimate of drug-likeness (QED) is 0.814. The van der Waals surface area contributed by atoms with Crippen molar-refractivity contribution in [3.63, 3.8) is 0 Å². The molecular weight excluding hydrogens is 324 g/mol. The van der Waals surface area contributed by atoms with Crippen LogP contribution in [0.3, 0.4) is 0 Å². The van der Waals surface area contributed by atoms with Crippen molar-refractivity contribution < 1.29 is 13.2 Å². The molecule has 24 heavy (non-hydrogen) atoms. The Morgan fingerprint density at radius 1 is 1.08 bits per heavy atom. The van der Waals surface area contributed by atoms with E-state index in [1.165, 1.54) is 0 Å². The lowest BCUT2D eigenvalue weighted by Gasteiger charge is -2.31. The van der Waals surface area contributed by atoms with Crippen molar-refractivity contribution in [2.24, 2.45) is 5.73 Å². The number of benzene rings is 2. The van der Waals surface area contributed by atoms with Gasteiger partial charge in [-0.05, 0) is 37.3 Å². The zero-order chi connectivity index (χ0) is 17.0. The molecule has 0 spiro atoms. The summed E-state index contributed by atoms with van der Waals surface area (Å²) in [7, 11) is -3.48. The minimum Gasteiger partial charge on any atom is -0.378 e. The third-order valence-electron chi connectivity index (χ3n) is 4.47. The fourth-order valence-electron chi connectivity index (χ4n) is 3.13. The molecule has 0 bridgehead atoms. The molecule has 0 amide bonds. The monoisotopic (exact) mass is 348 g/mol. The first-order chi connectivity index (χ1) is 11.6. The number of fused-ring (bicyclic) bond motifs is 1. The largest absolute Gasteiger partial charge is 0.378 e.